The number of hydrogen-bond acceptors (Lipinski definition) is 3. The summed E-state index contributed by atoms with van der Waals surface area (Å²) >= 11 is 0. The molecule has 0 aliphatic heterocycles. The zero-order valence-corrected chi connectivity index (χ0v) is 9.49. The highest BCUT2D eigenvalue weighted by Crippen LogP contribution is 2.09. The molecule has 0 aromatic heterocycles. The molecule has 1 rings (SSSR count). The van der Waals surface area contributed by atoms with Crippen LogP contribution < -0.4 is 10.6 Å². The summed E-state index contributed by atoms with van der Waals surface area (Å²) in [5, 5.41) is 13.9. The van der Waals surface area contributed by atoms with Crippen LogP contribution in [0, 0.1) is 11.3 Å². The minimum atomic E-state index is -0.200. The summed E-state index contributed by atoms with van der Waals surface area (Å²) in [5.74, 6) is -0.363. The molecule has 5 nitrogen and oxygen atoms in total. The third-order valence-corrected chi connectivity index (χ3v) is 2.00. The number of carbonyl (C=O) groups excluding carboxylic acids is 2. The molecule has 0 saturated carbocycles. The first-order valence-corrected chi connectivity index (χ1v) is 5.16. The average Bonchev–Trinajstić information content (AvgIpc) is 2.28. The Balaban J connectivity index is 2.45. The fourth-order valence-corrected chi connectivity index (χ4v) is 1.24. The van der Waals surface area contributed by atoms with E-state index in [0.29, 0.717) is 17.8 Å². The molecule has 0 bridgehead atoms. The van der Waals surface area contributed by atoms with E-state index in [1.165, 1.54) is 6.92 Å². The van der Waals surface area contributed by atoms with Crippen LogP contribution in [0.4, 0.5) is 5.69 Å². The van der Waals surface area contributed by atoms with Gasteiger partial charge in [0.15, 0.2) is 0 Å². The predicted octanol–water partition coefficient (Wildman–Crippen LogP) is 1.02. The van der Waals surface area contributed by atoms with Crippen molar-refractivity contribution in [2.75, 3.05) is 11.9 Å². The van der Waals surface area contributed by atoms with Crippen molar-refractivity contribution in [3.8, 4) is 6.07 Å². The number of carbonyl (C=O) groups is 2. The molecule has 2 amide bonds. The van der Waals surface area contributed by atoms with Crippen molar-refractivity contribution in [3.05, 3.63) is 29.8 Å². The molecular weight excluding hydrogens is 218 g/mol. The molecule has 0 heterocycles. The van der Waals surface area contributed by atoms with E-state index in [1.54, 1.807) is 24.3 Å². The molecule has 0 spiro atoms. The molecule has 0 radical (unpaired) electrons. The Bertz CT molecular complexity index is 463. The number of hydrogen-bond donors (Lipinski definition) is 2. The normalized spacial score (nSPS) is 9.18. The van der Waals surface area contributed by atoms with Gasteiger partial charge in [-0.15, -0.1) is 0 Å². The van der Waals surface area contributed by atoms with Crippen molar-refractivity contribution in [3.63, 3.8) is 0 Å². The van der Waals surface area contributed by atoms with Gasteiger partial charge in [0.05, 0.1) is 11.6 Å². The molecule has 2 N–H and O–H groups in total. The zero-order chi connectivity index (χ0) is 12.7. The largest absolute Gasteiger partial charge is 0.356 e. The molecule has 1 aromatic rings. The van der Waals surface area contributed by atoms with Crippen LogP contribution in [0.15, 0.2) is 24.3 Å². The van der Waals surface area contributed by atoms with Gasteiger partial charge in [0.1, 0.15) is 0 Å². The molecule has 17 heavy (non-hydrogen) atoms. The second-order valence-corrected chi connectivity index (χ2v) is 3.47. The van der Waals surface area contributed by atoms with Crippen molar-refractivity contribution in [2.24, 2.45) is 0 Å². The molecule has 0 unspecified atom stereocenters. The van der Waals surface area contributed by atoms with Crippen LogP contribution in [0.1, 0.15) is 18.9 Å². The second kappa shape index (κ2) is 6.28. The van der Waals surface area contributed by atoms with Gasteiger partial charge in [-0.05, 0) is 18.2 Å². The van der Waals surface area contributed by atoms with Gasteiger partial charge in [-0.25, -0.2) is 0 Å². The van der Waals surface area contributed by atoms with Crippen molar-refractivity contribution in [1.82, 2.24) is 5.32 Å². The molecule has 0 fully saturated rings. The summed E-state index contributed by atoms with van der Waals surface area (Å²) < 4.78 is 0. The lowest BCUT2D eigenvalue weighted by Crippen LogP contribution is -2.25. The number of amides is 2. The highest BCUT2D eigenvalue weighted by Gasteiger charge is 2.03. The van der Waals surface area contributed by atoms with E-state index in [2.05, 4.69) is 10.6 Å². The van der Waals surface area contributed by atoms with Gasteiger partial charge >= 0.3 is 0 Å². The van der Waals surface area contributed by atoms with E-state index in [1.807, 2.05) is 6.07 Å². The molecule has 0 atom stereocenters. The Morgan fingerprint density at radius 2 is 2.18 bits per heavy atom. The first-order chi connectivity index (χ1) is 8.11. The molecule has 1 aromatic carbocycles. The number of benzene rings is 1. The first kappa shape index (κ1) is 12.7. The van der Waals surface area contributed by atoms with E-state index in [0.717, 1.165) is 0 Å². The zero-order valence-electron chi connectivity index (χ0n) is 9.49. The first-order valence-electron chi connectivity index (χ1n) is 5.16. The minimum absolute atomic E-state index is 0.163. The van der Waals surface area contributed by atoms with Gasteiger partial charge in [-0.1, -0.05) is 6.07 Å². The second-order valence-electron chi connectivity index (χ2n) is 3.47. The molecule has 0 saturated heterocycles. The standard InChI is InChI=1S/C12H13N3O2/c1-9(16)14-6-5-12(17)15-11-4-2-3-10(7-11)8-13/h2-4,7H,5-6H2,1H3,(H,14,16)(H,15,17). The van der Waals surface area contributed by atoms with Crippen molar-refractivity contribution in [2.45, 2.75) is 13.3 Å². The summed E-state index contributed by atoms with van der Waals surface area (Å²) in [6.07, 6.45) is 0.205. The highest BCUT2D eigenvalue weighted by atomic mass is 16.2. The highest BCUT2D eigenvalue weighted by molar-refractivity contribution is 5.91. The summed E-state index contributed by atoms with van der Waals surface area (Å²) in [4.78, 5) is 22.0. The number of nitrogens with zero attached hydrogens (tertiary/aromatic N) is 1. The van der Waals surface area contributed by atoms with Crippen LogP contribution in [0.25, 0.3) is 0 Å². The van der Waals surface area contributed by atoms with Gasteiger partial charge in [-0.3, -0.25) is 9.59 Å². The third-order valence-electron chi connectivity index (χ3n) is 2.00. The summed E-state index contributed by atoms with van der Waals surface area (Å²) in [6, 6.07) is 8.65. The molecule has 0 aliphatic carbocycles. The summed E-state index contributed by atoms with van der Waals surface area (Å²) in [7, 11) is 0. The van der Waals surface area contributed by atoms with E-state index in [9.17, 15) is 9.59 Å². The fourth-order valence-electron chi connectivity index (χ4n) is 1.24. The topological polar surface area (TPSA) is 82.0 Å². The quantitative estimate of drug-likeness (QED) is 0.811. The predicted molar refractivity (Wildman–Crippen MR) is 63.1 cm³/mol. The fraction of sp³-hybridized carbons (Fsp3) is 0.250. The van der Waals surface area contributed by atoms with Crippen LogP contribution in [-0.4, -0.2) is 18.4 Å². The summed E-state index contributed by atoms with van der Waals surface area (Å²) in [6.45, 7) is 1.70. The Kier molecular flexibility index (Phi) is 4.70. The van der Waals surface area contributed by atoms with Gasteiger partial charge in [-0.2, -0.15) is 5.26 Å². The van der Waals surface area contributed by atoms with Crippen molar-refractivity contribution >= 4 is 17.5 Å². The smallest absolute Gasteiger partial charge is 0.226 e. The Hall–Kier alpha value is -2.35. The van der Waals surface area contributed by atoms with Gasteiger partial charge in [0.2, 0.25) is 11.8 Å². The van der Waals surface area contributed by atoms with Gasteiger partial charge in [0.25, 0.3) is 0 Å². The Labute approximate surface area is 99.4 Å². The average molecular weight is 231 g/mol. The number of nitriles is 1. The Morgan fingerprint density at radius 1 is 1.41 bits per heavy atom. The summed E-state index contributed by atoms with van der Waals surface area (Å²) in [5.41, 5.74) is 1.07. The van der Waals surface area contributed by atoms with Crippen LogP contribution in [-0.2, 0) is 9.59 Å². The van der Waals surface area contributed by atoms with E-state index in [4.69, 9.17) is 5.26 Å². The lowest BCUT2D eigenvalue weighted by atomic mass is 10.2. The number of anilines is 1. The van der Waals surface area contributed by atoms with Crippen LogP contribution >= 0.6 is 0 Å². The molecule has 0 aliphatic rings. The third kappa shape index (κ3) is 4.80. The maximum atomic E-state index is 11.4. The van der Waals surface area contributed by atoms with Gasteiger partial charge in [0, 0.05) is 25.6 Å². The maximum absolute atomic E-state index is 11.4. The van der Waals surface area contributed by atoms with Crippen molar-refractivity contribution < 1.29 is 9.59 Å². The minimum Gasteiger partial charge on any atom is -0.356 e. The van der Waals surface area contributed by atoms with Crippen LogP contribution in [0.5, 0.6) is 0 Å². The molecular formula is C12H13N3O2. The van der Waals surface area contributed by atoms with E-state index in [-0.39, 0.29) is 18.2 Å². The van der Waals surface area contributed by atoms with Crippen LogP contribution in [0.3, 0.4) is 0 Å². The number of rotatable bonds is 4. The molecule has 88 valence electrons. The van der Waals surface area contributed by atoms with Crippen molar-refractivity contribution in [1.29, 1.82) is 5.26 Å². The molecule has 5 heteroatoms. The van der Waals surface area contributed by atoms with E-state index < -0.39 is 0 Å². The SMILES string of the molecule is CC(=O)NCCC(=O)Nc1cccc(C#N)c1. The maximum Gasteiger partial charge on any atom is 0.226 e. The Morgan fingerprint density at radius 3 is 2.82 bits per heavy atom. The monoisotopic (exact) mass is 231 g/mol. The number of nitrogens with one attached hydrogen (secondary N) is 2. The lowest BCUT2D eigenvalue weighted by Gasteiger charge is -2.05. The van der Waals surface area contributed by atoms with Gasteiger partial charge < -0.3 is 10.6 Å². The van der Waals surface area contributed by atoms with E-state index >= 15 is 0 Å². The lowest BCUT2D eigenvalue weighted by molar-refractivity contribution is -0.119. The van der Waals surface area contributed by atoms with Crippen LogP contribution in [0.2, 0.25) is 0 Å².